The molecule has 1 fully saturated rings. The smallest absolute Gasteiger partial charge is 0.407 e. The topological polar surface area (TPSA) is 114 Å². The summed E-state index contributed by atoms with van der Waals surface area (Å²) in [6.07, 6.45) is 0.228. The molecule has 4 rings (SSSR count). The number of alkyl carbamates (subject to hydrolysis) is 1. The number of benzene rings is 2. The maximum Gasteiger partial charge on any atom is 0.407 e. The Morgan fingerprint density at radius 1 is 1.06 bits per heavy atom. The standard InChI is InChI=1S/C27H32N2O6/c1-27(2,12-11-24(30)28-14-18-13-17(15-34-18)25(31)32)29-26(33)35-16-23-21-9-5-3-7-19(21)20-8-4-6-10-22(20)23/h3-10,17-18,23H,11-16H2,1-2H3,(H,28,30)(H,29,33)(H,31,32)/t17-,18-/m1/s1. The highest BCUT2D eigenvalue weighted by Crippen LogP contribution is 2.44. The fraction of sp³-hybridized carbons (Fsp3) is 0.444. The molecule has 3 N–H and O–H groups in total. The minimum Gasteiger partial charge on any atom is -0.481 e. The van der Waals surface area contributed by atoms with Crippen LogP contribution in [0.3, 0.4) is 0 Å². The molecule has 1 saturated heterocycles. The summed E-state index contributed by atoms with van der Waals surface area (Å²) in [4.78, 5) is 35.8. The van der Waals surface area contributed by atoms with Gasteiger partial charge in [-0.1, -0.05) is 48.5 Å². The van der Waals surface area contributed by atoms with Crippen LogP contribution in [-0.2, 0) is 19.1 Å². The normalized spacial score (nSPS) is 19.0. The van der Waals surface area contributed by atoms with Crippen molar-refractivity contribution in [2.45, 2.75) is 50.7 Å². The molecule has 0 radical (unpaired) electrons. The van der Waals surface area contributed by atoms with Gasteiger partial charge in [0.2, 0.25) is 5.91 Å². The lowest BCUT2D eigenvalue weighted by Crippen LogP contribution is -2.45. The van der Waals surface area contributed by atoms with E-state index in [0.29, 0.717) is 12.8 Å². The minimum absolute atomic E-state index is 0.0134. The molecule has 2 amide bonds. The number of aliphatic carboxylic acids is 1. The zero-order chi connectivity index (χ0) is 25.0. The van der Waals surface area contributed by atoms with E-state index in [2.05, 4.69) is 34.9 Å². The lowest BCUT2D eigenvalue weighted by molar-refractivity contribution is -0.141. The Hall–Kier alpha value is -3.39. The molecule has 1 aliphatic carbocycles. The van der Waals surface area contributed by atoms with Crippen LogP contribution in [-0.4, -0.2) is 54.5 Å². The molecule has 0 spiro atoms. The number of amides is 2. The Labute approximate surface area is 205 Å². The van der Waals surface area contributed by atoms with Crippen molar-refractivity contribution in [1.82, 2.24) is 10.6 Å². The SMILES string of the molecule is CC(C)(CCC(=O)NC[C@H]1C[C@@H](C(=O)O)CO1)NC(=O)OCC1c2ccccc2-c2ccccc21. The van der Waals surface area contributed by atoms with Crippen LogP contribution in [0.4, 0.5) is 4.79 Å². The van der Waals surface area contributed by atoms with E-state index in [-0.39, 0.29) is 44.1 Å². The van der Waals surface area contributed by atoms with Crippen LogP contribution in [0.25, 0.3) is 11.1 Å². The maximum absolute atomic E-state index is 12.6. The van der Waals surface area contributed by atoms with Crippen molar-refractivity contribution in [3.8, 4) is 11.1 Å². The van der Waals surface area contributed by atoms with E-state index < -0.39 is 23.5 Å². The van der Waals surface area contributed by atoms with Crippen molar-refractivity contribution < 1.29 is 29.0 Å². The van der Waals surface area contributed by atoms with Gasteiger partial charge in [0.1, 0.15) is 6.61 Å². The predicted octanol–water partition coefficient (Wildman–Crippen LogP) is 3.69. The first-order valence-corrected chi connectivity index (χ1v) is 12.0. The molecule has 8 nitrogen and oxygen atoms in total. The Bertz CT molecular complexity index is 1050. The van der Waals surface area contributed by atoms with Gasteiger partial charge in [-0.25, -0.2) is 4.79 Å². The predicted molar refractivity (Wildman–Crippen MR) is 130 cm³/mol. The number of nitrogens with one attached hydrogen (secondary N) is 2. The largest absolute Gasteiger partial charge is 0.481 e. The highest BCUT2D eigenvalue weighted by atomic mass is 16.5. The van der Waals surface area contributed by atoms with Gasteiger partial charge < -0.3 is 25.2 Å². The number of carboxylic acid groups (broad SMARTS) is 1. The number of rotatable bonds is 9. The molecule has 2 atom stereocenters. The highest BCUT2D eigenvalue weighted by molar-refractivity contribution is 5.79. The van der Waals surface area contributed by atoms with E-state index in [4.69, 9.17) is 14.6 Å². The van der Waals surface area contributed by atoms with Crippen LogP contribution in [0.2, 0.25) is 0 Å². The van der Waals surface area contributed by atoms with E-state index in [1.807, 2.05) is 38.1 Å². The van der Waals surface area contributed by atoms with E-state index in [1.165, 1.54) is 11.1 Å². The van der Waals surface area contributed by atoms with Crippen molar-refractivity contribution in [3.63, 3.8) is 0 Å². The quantitative estimate of drug-likeness (QED) is 0.504. The molecule has 186 valence electrons. The van der Waals surface area contributed by atoms with Crippen molar-refractivity contribution in [2.75, 3.05) is 19.8 Å². The molecule has 0 bridgehead atoms. The molecule has 35 heavy (non-hydrogen) atoms. The van der Waals surface area contributed by atoms with Gasteiger partial charge in [0.15, 0.2) is 0 Å². The van der Waals surface area contributed by atoms with E-state index in [0.717, 1.165) is 11.1 Å². The molecule has 2 aromatic rings. The van der Waals surface area contributed by atoms with E-state index >= 15 is 0 Å². The van der Waals surface area contributed by atoms with Gasteiger partial charge in [-0.05, 0) is 48.9 Å². The van der Waals surface area contributed by atoms with Crippen molar-refractivity contribution in [2.24, 2.45) is 5.92 Å². The number of fused-ring (bicyclic) bond motifs is 3. The van der Waals surface area contributed by atoms with Crippen LogP contribution >= 0.6 is 0 Å². The third-order valence-electron chi connectivity index (χ3n) is 6.72. The molecule has 0 unspecified atom stereocenters. The lowest BCUT2D eigenvalue weighted by Gasteiger charge is -2.26. The second-order valence-electron chi connectivity index (χ2n) is 9.86. The van der Waals surface area contributed by atoms with E-state index in [1.54, 1.807) is 0 Å². The van der Waals surface area contributed by atoms with Gasteiger partial charge in [-0.15, -0.1) is 0 Å². The van der Waals surface area contributed by atoms with Crippen LogP contribution in [0, 0.1) is 5.92 Å². The van der Waals surface area contributed by atoms with Crippen LogP contribution in [0.1, 0.15) is 50.2 Å². The van der Waals surface area contributed by atoms with Gasteiger partial charge in [-0.3, -0.25) is 9.59 Å². The fourth-order valence-corrected chi connectivity index (χ4v) is 4.74. The monoisotopic (exact) mass is 480 g/mol. The highest BCUT2D eigenvalue weighted by Gasteiger charge is 2.32. The number of carbonyl (C=O) groups excluding carboxylic acids is 2. The number of carboxylic acids is 1. The molecule has 1 heterocycles. The summed E-state index contributed by atoms with van der Waals surface area (Å²) >= 11 is 0. The van der Waals surface area contributed by atoms with Gasteiger partial charge >= 0.3 is 12.1 Å². The molecule has 1 aliphatic heterocycles. The Balaban J connectivity index is 1.22. The summed E-state index contributed by atoms with van der Waals surface area (Å²) in [6.45, 7) is 4.38. The number of carbonyl (C=O) groups is 3. The second kappa shape index (κ2) is 10.5. The summed E-state index contributed by atoms with van der Waals surface area (Å²) in [5, 5.41) is 14.7. The van der Waals surface area contributed by atoms with Crippen molar-refractivity contribution in [1.29, 1.82) is 0 Å². The van der Waals surface area contributed by atoms with Gasteiger partial charge in [0, 0.05) is 24.4 Å². The first-order chi connectivity index (χ1) is 16.7. The summed E-state index contributed by atoms with van der Waals surface area (Å²) < 4.78 is 11.0. The Morgan fingerprint density at radius 3 is 2.29 bits per heavy atom. The minimum atomic E-state index is -0.875. The molecular weight excluding hydrogens is 448 g/mol. The summed E-state index contributed by atoms with van der Waals surface area (Å²) in [5.41, 5.74) is 4.00. The fourth-order valence-electron chi connectivity index (χ4n) is 4.74. The number of ether oxygens (including phenoxy) is 2. The van der Waals surface area contributed by atoms with Crippen LogP contribution < -0.4 is 10.6 Å². The van der Waals surface area contributed by atoms with E-state index in [9.17, 15) is 14.4 Å². The maximum atomic E-state index is 12.6. The van der Waals surface area contributed by atoms with Gasteiger partial charge in [0.05, 0.1) is 18.6 Å². The first-order valence-electron chi connectivity index (χ1n) is 12.0. The van der Waals surface area contributed by atoms with Crippen LogP contribution in [0.5, 0.6) is 0 Å². The third-order valence-corrected chi connectivity index (χ3v) is 6.72. The zero-order valence-electron chi connectivity index (χ0n) is 20.1. The third kappa shape index (κ3) is 6.00. The number of hydrogen-bond acceptors (Lipinski definition) is 5. The summed E-state index contributed by atoms with van der Waals surface area (Å²) in [7, 11) is 0. The average molecular weight is 481 g/mol. The lowest BCUT2D eigenvalue weighted by atomic mass is 9.98. The number of hydrogen-bond donors (Lipinski definition) is 3. The Morgan fingerprint density at radius 2 is 1.69 bits per heavy atom. The summed E-state index contributed by atoms with van der Waals surface area (Å²) in [6, 6.07) is 16.3. The van der Waals surface area contributed by atoms with Crippen LogP contribution in [0.15, 0.2) is 48.5 Å². The Kier molecular flexibility index (Phi) is 7.40. The molecule has 8 heteroatoms. The van der Waals surface area contributed by atoms with Gasteiger partial charge in [-0.2, -0.15) is 0 Å². The summed E-state index contributed by atoms with van der Waals surface area (Å²) in [5.74, 6) is -1.58. The molecule has 0 aromatic heterocycles. The molecular formula is C27H32N2O6. The van der Waals surface area contributed by atoms with Crippen molar-refractivity contribution >= 4 is 18.0 Å². The molecule has 0 saturated carbocycles. The molecule has 2 aromatic carbocycles. The van der Waals surface area contributed by atoms with Gasteiger partial charge in [0.25, 0.3) is 0 Å². The second-order valence-corrected chi connectivity index (χ2v) is 9.86. The van der Waals surface area contributed by atoms with Crippen molar-refractivity contribution in [3.05, 3.63) is 59.7 Å². The zero-order valence-corrected chi connectivity index (χ0v) is 20.1. The average Bonchev–Trinajstić information content (AvgIpc) is 3.43. The molecule has 2 aliphatic rings. The first kappa shape index (κ1) is 24.7.